The summed E-state index contributed by atoms with van der Waals surface area (Å²) < 4.78 is 40.1. The molecule has 1 aliphatic rings. The number of nitro groups is 1. The fraction of sp³-hybridized carbons (Fsp3) is 0.241. The van der Waals surface area contributed by atoms with E-state index in [1.807, 2.05) is 6.92 Å². The van der Waals surface area contributed by atoms with Crippen molar-refractivity contribution in [3.63, 3.8) is 0 Å². The molecule has 40 heavy (non-hydrogen) atoms. The molecule has 1 saturated heterocycles. The lowest BCUT2D eigenvalue weighted by molar-refractivity contribution is -0.384. The van der Waals surface area contributed by atoms with Gasteiger partial charge < -0.3 is 9.47 Å². The maximum Gasteiger partial charge on any atom is 0.325 e. The molecular weight excluding hydrogens is 536 g/mol. The second-order valence-corrected chi connectivity index (χ2v) is 11.3. The van der Waals surface area contributed by atoms with Crippen molar-refractivity contribution in [1.82, 2.24) is 4.31 Å². The first-order chi connectivity index (χ1) is 19.0. The number of carbonyl (C=O) groups is 2. The SMILES string of the molecule is C=C(c1ccccc1)[C@H]1CC(C(=O)OC)(C(=O)OC)[C@@H](c2ccc([N+](=O)[O-])cc2)N1S(=O)(=O)c1ccc(C)cc1. The lowest BCUT2D eigenvalue weighted by atomic mass is 9.75. The van der Waals surface area contributed by atoms with Crippen LogP contribution in [0.25, 0.3) is 5.57 Å². The monoisotopic (exact) mass is 564 g/mol. The third-order valence-corrected chi connectivity index (χ3v) is 9.09. The van der Waals surface area contributed by atoms with Crippen molar-refractivity contribution in [2.75, 3.05) is 14.2 Å². The highest BCUT2D eigenvalue weighted by Gasteiger charge is 2.67. The minimum Gasteiger partial charge on any atom is -0.468 e. The lowest BCUT2D eigenvalue weighted by Gasteiger charge is -2.34. The summed E-state index contributed by atoms with van der Waals surface area (Å²) in [7, 11) is -2.22. The summed E-state index contributed by atoms with van der Waals surface area (Å²) >= 11 is 0. The maximum atomic E-state index is 14.4. The molecule has 4 rings (SSSR count). The van der Waals surface area contributed by atoms with Gasteiger partial charge in [0.05, 0.1) is 36.1 Å². The van der Waals surface area contributed by atoms with Crippen molar-refractivity contribution in [3.05, 3.63) is 112 Å². The van der Waals surface area contributed by atoms with Crippen molar-refractivity contribution < 1.29 is 32.4 Å². The Kier molecular flexibility index (Phi) is 7.90. The zero-order chi connectivity index (χ0) is 29.2. The topological polar surface area (TPSA) is 133 Å². The summed E-state index contributed by atoms with van der Waals surface area (Å²) in [6, 6.07) is 17.4. The number of rotatable bonds is 8. The molecule has 10 nitrogen and oxygen atoms in total. The number of benzene rings is 3. The fourth-order valence-electron chi connectivity index (χ4n) is 5.21. The molecule has 3 aromatic carbocycles. The van der Waals surface area contributed by atoms with Gasteiger partial charge >= 0.3 is 11.9 Å². The molecule has 0 aliphatic carbocycles. The zero-order valence-corrected chi connectivity index (χ0v) is 23.0. The molecule has 1 heterocycles. The molecule has 1 aliphatic heterocycles. The lowest BCUT2D eigenvalue weighted by Crippen LogP contribution is -2.47. The van der Waals surface area contributed by atoms with Gasteiger partial charge in [-0.1, -0.05) is 66.7 Å². The Bertz CT molecular complexity index is 1540. The van der Waals surface area contributed by atoms with E-state index in [1.165, 1.54) is 36.4 Å². The molecule has 0 N–H and O–H groups in total. The van der Waals surface area contributed by atoms with E-state index in [2.05, 4.69) is 6.58 Å². The van der Waals surface area contributed by atoms with E-state index in [1.54, 1.807) is 42.5 Å². The highest BCUT2D eigenvalue weighted by atomic mass is 32.2. The predicted molar refractivity (Wildman–Crippen MR) is 146 cm³/mol. The second kappa shape index (κ2) is 11.0. The number of non-ortho nitro benzene ring substituents is 1. The molecule has 0 radical (unpaired) electrons. The summed E-state index contributed by atoms with van der Waals surface area (Å²) in [6.07, 6.45) is -0.340. The molecule has 0 amide bonds. The molecule has 0 spiro atoms. The summed E-state index contributed by atoms with van der Waals surface area (Å²) in [5.74, 6) is -2.01. The maximum absolute atomic E-state index is 14.4. The third-order valence-electron chi connectivity index (χ3n) is 7.21. The molecule has 0 bridgehead atoms. The first kappa shape index (κ1) is 28.7. The van der Waals surface area contributed by atoms with Gasteiger partial charge in [-0.15, -0.1) is 0 Å². The summed E-state index contributed by atoms with van der Waals surface area (Å²) in [6.45, 7) is 5.99. The second-order valence-electron chi connectivity index (χ2n) is 9.46. The largest absolute Gasteiger partial charge is 0.468 e. The van der Waals surface area contributed by atoms with Crippen LogP contribution in [0, 0.1) is 22.5 Å². The molecule has 0 saturated carbocycles. The molecule has 0 unspecified atom stereocenters. The highest BCUT2D eigenvalue weighted by Crippen LogP contribution is 2.56. The standard InChI is InChI=1S/C29H28N2O8S/c1-19-10-16-24(17-11-19)40(36,37)30-25(20(2)21-8-6-5-7-9-21)18-29(27(32)38-3,28(33)39-4)26(30)22-12-14-23(15-13-22)31(34)35/h5-17,25-26H,2,18H2,1,3-4H3/t25-,26-/m1/s1. The van der Waals surface area contributed by atoms with Gasteiger partial charge in [0, 0.05) is 12.1 Å². The average molecular weight is 565 g/mol. The van der Waals surface area contributed by atoms with E-state index in [0.717, 1.165) is 24.1 Å². The summed E-state index contributed by atoms with van der Waals surface area (Å²) in [4.78, 5) is 37.8. The minimum absolute atomic E-state index is 0.0681. The Labute approximate surface area is 232 Å². The minimum atomic E-state index is -4.41. The van der Waals surface area contributed by atoms with E-state index in [4.69, 9.17) is 9.47 Å². The van der Waals surface area contributed by atoms with Crippen molar-refractivity contribution in [3.8, 4) is 0 Å². The predicted octanol–water partition coefficient (Wildman–Crippen LogP) is 4.45. The smallest absolute Gasteiger partial charge is 0.325 e. The van der Waals surface area contributed by atoms with Crippen LogP contribution >= 0.6 is 0 Å². The van der Waals surface area contributed by atoms with Gasteiger partial charge in [0.2, 0.25) is 10.0 Å². The van der Waals surface area contributed by atoms with E-state index < -0.39 is 44.4 Å². The van der Waals surface area contributed by atoms with Crippen molar-refractivity contribution in [2.24, 2.45) is 5.41 Å². The van der Waals surface area contributed by atoms with E-state index >= 15 is 0 Å². The molecule has 3 aromatic rings. The highest BCUT2D eigenvalue weighted by molar-refractivity contribution is 7.89. The number of aryl methyl sites for hydroxylation is 1. The third kappa shape index (κ3) is 4.78. The van der Waals surface area contributed by atoms with E-state index in [0.29, 0.717) is 11.1 Å². The number of esters is 2. The van der Waals surface area contributed by atoms with Gasteiger partial charge in [0.15, 0.2) is 5.41 Å². The Morgan fingerprint density at radius 1 is 0.950 bits per heavy atom. The quantitative estimate of drug-likeness (QED) is 0.170. The molecule has 2 atom stereocenters. The number of hydrogen-bond acceptors (Lipinski definition) is 8. The van der Waals surface area contributed by atoms with Crippen molar-refractivity contribution >= 4 is 33.2 Å². The number of carbonyl (C=O) groups excluding carboxylic acids is 2. The van der Waals surface area contributed by atoms with Crippen LogP contribution in [-0.2, 0) is 29.1 Å². The molecule has 208 valence electrons. The van der Waals surface area contributed by atoms with Crippen molar-refractivity contribution in [2.45, 2.75) is 30.3 Å². The van der Waals surface area contributed by atoms with Crippen LogP contribution in [-0.4, -0.2) is 49.8 Å². The molecule has 11 heteroatoms. The first-order valence-electron chi connectivity index (χ1n) is 12.2. The van der Waals surface area contributed by atoms with Crippen LogP contribution in [0.5, 0.6) is 0 Å². The number of nitrogens with zero attached hydrogens (tertiary/aromatic N) is 2. The van der Waals surface area contributed by atoms with Crippen molar-refractivity contribution in [1.29, 1.82) is 0 Å². The first-order valence-corrected chi connectivity index (χ1v) is 13.7. The van der Waals surface area contributed by atoms with Crippen LogP contribution < -0.4 is 0 Å². The van der Waals surface area contributed by atoms with Gasteiger partial charge in [-0.05, 0) is 42.2 Å². The summed E-state index contributed by atoms with van der Waals surface area (Å²) in [5, 5.41) is 11.3. The summed E-state index contributed by atoms with van der Waals surface area (Å²) in [5.41, 5.74) is -0.458. The number of methoxy groups -OCH3 is 2. The number of hydrogen-bond donors (Lipinski definition) is 0. The van der Waals surface area contributed by atoms with E-state index in [-0.39, 0.29) is 22.6 Å². The Balaban J connectivity index is 2.06. The molecular formula is C29H28N2O8S. The van der Waals surface area contributed by atoms with Gasteiger partial charge in [-0.25, -0.2) is 8.42 Å². The van der Waals surface area contributed by atoms with Gasteiger partial charge in [0.25, 0.3) is 5.69 Å². The van der Waals surface area contributed by atoms with Gasteiger partial charge in [-0.3, -0.25) is 19.7 Å². The van der Waals surface area contributed by atoms with Gasteiger partial charge in [-0.2, -0.15) is 4.31 Å². The van der Waals surface area contributed by atoms with E-state index in [9.17, 15) is 28.1 Å². The number of nitro benzene ring substituents is 1. The number of sulfonamides is 1. The molecule has 1 fully saturated rings. The Morgan fingerprint density at radius 2 is 1.50 bits per heavy atom. The fourth-order valence-corrected chi connectivity index (χ4v) is 7.05. The van der Waals surface area contributed by atoms with Crippen LogP contribution in [0.15, 0.2) is 90.3 Å². The number of ether oxygens (including phenoxy) is 2. The normalized spacial score (nSPS) is 18.6. The van der Waals surface area contributed by atoms with Gasteiger partial charge in [0.1, 0.15) is 0 Å². The Morgan fingerprint density at radius 3 is 2.00 bits per heavy atom. The van der Waals surface area contributed by atoms with Crippen LogP contribution in [0.1, 0.15) is 29.2 Å². The average Bonchev–Trinajstić information content (AvgIpc) is 3.34. The van der Waals surface area contributed by atoms with Crippen LogP contribution in [0.4, 0.5) is 5.69 Å². The zero-order valence-electron chi connectivity index (χ0n) is 22.1. The van der Waals surface area contributed by atoms with Crippen LogP contribution in [0.3, 0.4) is 0 Å². The van der Waals surface area contributed by atoms with Crippen LogP contribution in [0.2, 0.25) is 0 Å². The Hall–Kier alpha value is -4.35. The molecule has 0 aromatic heterocycles.